The van der Waals surface area contributed by atoms with Gasteiger partial charge in [0.05, 0.1) is 4.90 Å². The Morgan fingerprint density at radius 1 is 1.25 bits per heavy atom. The third-order valence-electron chi connectivity index (χ3n) is 3.50. The lowest BCUT2D eigenvalue weighted by Gasteiger charge is -2.32. The fraction of sp³-hybridized carbons (Fsp3) is 0.571. The van der Waals surface area contributed by atoms with Crippen LogP contribution in [0.2, 0.25) is 0 Å². The van der Waals surface area contributed by atoms with E-state index in [1.54, 1.807) is 18.2 Å². The zero-order chi connectivity index (χ0) is 15.4. The number of nitrogens with zero attached hydrogens (tertiary/aromatic N) is 1. The van der Waals surface area contributed by atoms with Gasteiger partial charge in [-0.15, -0.1) is 0 Å². The van der Waals surface area contributed by atoms with E-state index in [1.165, 1.54) is 0 Å². The fourth-order valence-corrected chi connectivity index (χ4v) is 2.81. The highest BCUT2D eigenvalue weighted by Crippen LogP contribution is 2.14. The van der Waals surface area contributed by atoms with Gasteiger partial charge in [0.2, 0.25) is 10.0 Å². The number of hydrogen-bond acceptors (Lipinski definition) is 4. The van der Waals surface area contributed by atoms with E-state index in [0.717, 1.165) is 5.56 Å². The maximum absolute atomic E-state index is 12.3. The molecule has 0 bridgehead atoms. The number of likely N-dealkylation sites (N-methyl/N-ethyl adjacent to an activating group) is 1. The van der Waals surface area contributed by atoms with Gasteiger partial charge in [0.1, 0.15) is 0 Å². The van der Waals surface area contributed by atoms with Gasteiger partial charge < -0.3 is 10.2 Å². The Bertz CT molecular complexity index is 539. The average molecular weight is 299 g/mol. The van der Waals surface area contributed by atoms with E-state index in [9.17, 15) is 8.42 Å². The quantitative estimate of drug-likeness (QED) is 0.789. The van der Waals surface area contributed by atoms with Crippen molar-refractivity contribution in [3.8, 4) is 0 Å². The van der Waals surface area contributed by atoms with Gasteiger partial charge in [0.25, 0.3) is 0 Å². The maximum atomic E-state index is 12.3. The zero-order valence-corrected chi connectivity index (χ0v) is 13.7. The Kier molecular flexibility index (Phi) is 5.70. The number of rotatable bonds is 7. The number of sulfonamides is 1. The molecule has 2 N–H and O–H groups in total. The molecule has 0 aliphatic rings. The molecule has 114 valence electrons. The Morgan fingerprint density at radius 2 is 1.90 bits per heavy atom. The van der Waals surface area contributed by atoms with Gasteiger partial charge in [-0.25, -0.2) is 13.1 Å². The Labute approximate surface area is 122 Å². The van der Waals surface area contributed by atoms with Crippen LogP contribution in [0.5, 0.6) is 0 Å². The highest BCUT2D eigenvalue weighted by molar-refractivity contribution is 7.89. The van der Waals surface area contributed by atoms with Crippen LogP contribution in [-0.4, -0.2) is 46.5 Å². The summed E-state index contributed by atoms with van der Waals surface area (Å²) in [5.74, 6) is 0. The lowest BCUT2D eigenvalue weighted by Crippen LogP contribution is -2.48. The van der Waals surface area contributed by atoms with Crippen LogP contribution < -0.4 is 10.0 Å². The number of benzene rings is 1. The van der Waals surface area contributed by atoms with Crippen molar-refractivity contribution in [3.63, 3.8) is 0 Å². The predicted octanol–water partition coefficient (Wildman–Crippen LogP) is 1.02. The lowest BCUT2D eigenvalue weighted by atomic mass is 10.1. The van der Waals surface area contributed by atoms with Gasteiger partial charge >= 0.3 is 0 Å². The van der Waals surface area contributed by atoms with Crippen molar-refractivity contribution in [2.24, 2.45) is 0 Å². The van der Waals surface area contributed by atoms with Crippen LogP contribution in [0.3, 0.4) is 0 Å². The molecule has 0 saturated carbocycles. The van der Waals surface area contributed by atoms with Crippen LogP contribution in [0, 0.1) is 0 Å². The smallest absolute Gasteiger partial charge is 0.240 e. The topological polar surface area (TPSA) is 61.4 Å². The molecule has 0 radical (unpaired) electrons. The van der Waals surface area contributed by atoms with E-state index in [2.05, 4.69) is 10.0 Å². The van der Waals surface area contributed by atoms with E-state index >= 15 is 0 Å². The minimum absolute atomic E-state index is 0.240. The highest BCUT2D eigenvalue weighted by atomic mass is 32.2. The maximum Gasteiger partial charge on any atom is 0.240 e. The van der Waals surface area contributed by atoms with Crippen molar-refractivity contribution in [3.05, 3.63) is 29.8 Å². The van der Waals surface area contributed by atoms with Crippen LogP contribution in [-0.2, 0) is 16.6 Å². The molecule has 0 amide bonds. The average Bonchev–Trinajstić information content (AvgIpc) is 2.37. The molecule has 6 heteroatoms. The van der Waals surface area contributed by atoms with E-state index in [4.69, 9.17) is 0 Å². The minimum atomic E-state index is -3.47. The van der Waals surface area contributed by atoms with Gasteiger partial charge in [-0.2, -0.15) is 0 Å². The largest absolute Gasteiger partial charge is 0.316 e. The van der Waals surface area contributed by atoms with Crippen molar-refractivity contribution in [2.75, 3.05) is 27.7 Å². The summed E-state index contributed by atoms with van der Waals surface area (Å²) in [6.45, 7) is 4.99. The molecular weight excluding hydrogens is 274 g/mol. The molecule has 1 aromatic rings. The van der Waals surface area contributed by atoms with E-state index < -0.39 is 10.0 Å². The van der Waals surface area contributed by atoms with Crippen molar-refractivity contribution in [2.45, 2.75) is 30.8 Å². The van der Waals surface area contributed by atoms with Gasteiger partial charge in [-0.05, 0) is 52.7 Å². The van der Waals surface area contributed by atoms with Gasteiger partial charge in [0, 0.05) is 18.6 Å². The van der Waals surface area contributed by atoms with Crippen molar-refractivity contribution in [1.29, 1.82) is 0 Å². The zero-order valence-electron chi connectivity index (χ0n) is 12.9. The predicted molar refractivity (Wildman–Crippen MR) is 82.2 cm³/mol. The van der Waals surface area contributed by atoms with E-state index in [1.807, 2.05) is 46.0 Å². The summed E-state index contributed by atoms with van der Waals surface area (Å²) in [4.78, 5) is 2.30. The van der Waals surface area contributed by atoms with E-state index in [-0.39, 0.29) is 5.54 Å². The molecule has 0 aliphatic carbocycles. The van der Waals surface area contributed by atoms with Gasteiger partial charge in [-0.1, -0.05) is 12.1 Å². The number of hydrogen-bond donors (Lipinski definition) is 2. The number of nitrogens with one attached hydrogen (secondary N) is 2. The normalized spacial score (nSPS) is 12.9. The molecule has 0 atom stereocenters. The molecule has 1 aromatic carbocycles. The highest BCUT2D eigenvalue weighted by Gasteiger charge is 2.24. The first-order valence-electron chi connectivity index (χ1n) is 6.60. The van der Waals surface area contributed by atoms with Crippen LogP contribution in [0.4, 0.5) is 0 Å². The van der Waals surface area contributed by atoms with Gasteiger partial charge in [-0.3, -0.25) is 0 Å². The Balaban J connectivity index is 2.86. The molecule has 5 nitrogen and oxygen atoms in total. The molecule has 0 aromatic heterocycles. The molecule has 0 spiro atoms. The summed E-state index contributed by atoms with van der Waals surface area (Å²) in [5.41, 5.74) is 0.706. The third kappa shape index (κ3) is 4.56. The molecule has 1 rings (SSSR count). The first-order valence-corrected chi connectivity index (χ1v) is 8.08. The van der Waals surface area contributed by atoms with Crippen molar-refractivity contribution in [1.82, 2.24) is 14.9 Å². The van der Waals surface area contributed by atoms with Crippen LogP contribution >= 0.6 is 0 Å². The van der Waals surface area contributed by atoms with E-state index in [0.29, 0.717) is 18.0 Å². The molecule has 20 heavy (non-hydrogen) atoms. The molecule has 0 unspecified atom stereocenters. The second kappa shape index (κ2) is 6.67. The minimum Gasteiger partial charge on any atom is -0.316 e. The monoisotopic (exact) mass is 299 g/mol. The third-order valence-corrected chi connectivity index (χ3v) is 4.89. The summed E-state index contributed by atoms with van der Waals surface area (Å²) in [6.07, 6.45) is 0. The first-order chi connectivity index (χ1) is 9.19. The molecule has 0 saturated heterocycles. The standard InChI is InChI=1S/C14H25N3O2S/c1-14(2,17(4)5)11-16-20(18,19)13-8-6-7-12(9-13)10-15-3/h6-9,15-16H,10-11H2,1-5H3. The van der Waals surface area contributed by atoms with Gasteiger partial charge in [0.15, 0.2) is 0 Å². The summed E-state index contributed by atoms with van der Waals surface area (Å²) >= 11 is 0. The van der Waals surface area contributed by atoms with Crippen molar-refractivity contribution < 1.29 is 8.42 Å². The fourth-order valence-electron chi connectivity index (χ4n) is 1.54. The summed E-state index contributed by atoms with van der Waals surface area (Å²) in [5, 5.41) is 3.01. The van der Waals surface area contributed by atoms with Crippen LogP contribution in [0.1, 0.15) is 19.4 Å². The van der Waals surface area contributed by atoms with Crippen molar-refractivity contribution >= 4 is 10.0 Å². The molecule has 0 heterocycles. The summed E-state index contributed by atoms with van der Waals surface area (Å²) in [6, 6.07) is 6.98. The SMILES string of the molecule is CNCc1cccc(S(=O)(=O)NCC(C)(C)N(C)C)c1. The van der Waals surface area contributed by atoms with Crippen LogP contribution in [0.25, 0.3) is 0 Å². The van der Waals surface area contributed by atoms with Crippen LogP contribution in [0.15, 0.2) is 29.2 Å². The lowest BCUT2D eigenvalue weighted by molar-refractivity contribution is 0.199. The Morgan fingerprint density at radius 3 is 2.45 bits per heavy atom. The Hall–Kier alpha value is -0.950. The summed E-state index contributed by atoms with van der Waals surface area (Å²) in [7, 11) is 2.22. The second-order valence-corrected chi connectivity index (χ2v) is 7.48. The molecule has 0 aliphatic heterocycles. The molecular formula is C14H25N3O2S. The second-order valence-electron chi connectivity index (χ2n) is 5.71. The summed E-state index contributed by atoms with van der Waals surface area (Å²) < 4.78 is 27.3. The molecule has 0 fully saturated rings. The first kappa shape index (κ1) is 17.1.